The first-order chi connectivity index (χ1) is 8.63. The third kappa shape index (κ3) is 4.86. The van der Waals surface area contributed by atoms with E-state index in [2.05, 4.69) is 17.2 Å². The van der Waals surface area contributed by atoms with Crippen LogP contribution in [0.25, 0.3) is 0 Å². The first kappa shape index (κ1) is 14.0. The lowest BCUT2D eigenvalue weighted by molar-refractivity contribution is 0.225. The lowest BCUT2D eigenvalue weighted by atomic mass is 10.3. The molecule has 0 heterocycles. The standard InChI is InChI=1S/C13H17FN2O2/c1-3-8-15-13(17)16-10(2)9-18-12-7-5-4-6-11(12)14/h3-7,10H,1,8-9H2,2H3,(H2,15,16,17). The van der Waals surface area contributed by atoms with Gasteiger partial charge in [0.05, 0.1) is 6.04 Å². The number of para-hydroxylation sites is 1. The monoisotopic (exact) mass is 252 g/mol. The predicted octanol–water partition coefficient (Wildman–Crippen LogP) is 2.08. The summed E-state index contributed by atoms with van der Waals surface area (Å²) in [6.07, 6.45) is 1.58. The molecule has 5 heteroatoms. The van der Waals surface area contributed by atoms with E-state index < -0.39 is 5.82 Å². The van der Waals surface area contributed by atoms with Gasteiger partial charge >= 0.3 is 6.03 Å². The molecule has 0 aliphatic rings. The molecule has 98 valence electrons. The molecule has 0 saturated carbocycles. The molecule has 0 bridgehead atoms. The number of rotatable bonds is 6. The molecule has 1 aromatic rings. The maximum Gasteiger partial charge on any atom is 0.315 e. The second kappa shape index (κ2) is 7.32. The van der Waals surface area contributed by atoms with Crippen LogP contribution in [0.15, 0.2) is 36.9 Å². The molecule has 2 amide bonds. The summed E-state index contributed by atoms with van der Waals surface area (Å²) in [6, 6.07) is 5.61. The number of nitrogens with one attached hydrogen (secondary N) is 2. The summed E-state index contributed by atoms with van der Waals surface area (Å²) in [5.41, 5.74) is 0. The minimum absolute atomic E-state index is 0.178. The average Bonchev–Trinajstić information content (AvgIpc) is 2.35. The van der Waals surface area contributed by atoms with Gasteiger partial charge in [-0.1, -0.05) is 18.2 Å². The molecular weight excluding hydrogens is 235 g/mol. The van der Waals surface area contributed by atoms with Crippen LogP contribution in [0.2, 0.25) is 0 Å². The van der Waals surface area contributed by atoms with Crippen molar-refractivity contribution in [1.82, 2.24) is 10.6 Å². The highest BCUT2D eigenvalue weighted by molar-refractivity contribution is 5.74. The van der Waals surface area contributed by atoms with Crippen LogP contribution in [0.3, 0.4) is 0 Å². The van der Waals surface area contributed by atoms with Crippen molar-refractivity contribution in [2.24, 2.45) is 0 Å². The van der Waals surface area contributed by atoms with Crippen molar-refractivity contribution in [3.8, 4) is 5.75 Å². The van der Waals surface area contributed by atoms with Crippen LogP contribution >= 0.6 is 0 Å². The van der Waals surface area contributed by atoms with Crippen LogP contribution < -0.4 is 15.4 Å². The normalized spacial score (nSPS) is 11.4. The van der Waals surface area contributed by atoms with E-state index in [1.54, 1.807) is 31.2 Å². The maximum absolute atomic E-state index is 13.2. The number of benzene rings is 1. The van der Waals surface area contributed by atoms with E-state index >= 15 is 0 Å². The molecule has 0 aliphatic carbocycles. The second-order valence-electron chi connectivity index (χ2n) is 3.79. The molecule has 0 radical (unpaired) electrons. The third-order valence-corrected chi connectivity index (χ3v) is 2.11. The number of carbonyl (C=O) groups excluding carboxylic acids is 1. The number of halogens is 1. The van der Waals surface area contributed by atoms with Crippen LogP contribution in [0.1, 0.15) is 6.92 Å². The fourth-order valence-electron chi connectivity index (χ4n) is 1.26. The summed E-state index contributed by atoms with van der Waals surface area (Å²) < 4.78 is 18.5. The molecule has 1 unspecified atom stereocenters. The van der Waals surface area contributed by atoms with Gasteiger partial charge < -0.3 is 15.4 Å². The zero-order chi connectivity index (χ0) is 13.4. The summed E-state index contributed by atoms with van der Waals surface area (Å²) in [6.45, 7) is 5.85. The Morgan fingerprint density at radius 1 is 1.56 bits per heavy atom. The van der Waals surface area contributed by atoms with Crippen molar-refractivity contribution < 1.29 is 13.9 Å². The number of hydrogen-bond acceptors (Lipinski definition) is 2. The van der Waals surface area contributed by atoms with E-state index in [0.29, 0.717) is 6.54 Å². The van der Waals surface area contributed by atoms with Crippen molar-refractivity contribution in [3.05, 3.63) is 42.7 Å². The SMILES string of the molecule is C=CCNC(=O)NC(C)COc1ccccc1F. The highest BCUT2D eigenvalue weighted by Gasteiger charge is 2.08. The van der Waals surface area contributed by atoms with Crippen molar-refractivity contribution in [1.29, 1.82) is 0 Å². The zero-order valence-electron chi connectivity index (χ0n) is 10.3. The van der Waals surface area contributed by atoms with Gasteiger partial charge in [-0.05, 0) is 19.1 Å². The van der Waals surface area contributed by atoms with Crippen LogP contribution in [0, 0.1) is 5.82 Å². The topological polar surface area (TPSA) is 50.4 Å². The van der Waals surface area contributed by atoms with Crippen LogP contribution in [0.5, 0.6) is 5.75 Å². The first-order valence-corrected chi connectivity index (χ1v) is 5.66. The number of ether oxygens (including phenoxy) is 1. The van der Waals surface area contributed by atoms with E-state index in [0.717, 1.165) is 0 Å². The molecular formula is C13H17FN2O2. The predicted molar refractivity (Wildman–Crippen MR) is 68.1 cm³/mol. The van der Waals surface area contributed by atoms with Gasteiger partial charge in [-0.3, -0.25) is 0 Å². The number of carbonyl (C=O) groups is 1. The van der Waals surface area contributed by atoms with Crippen molar-refractivity contribution in [3.63, 3.8) is 0 Å². The molecule has 0 aromatic heterocycles. The Hall–Kier alpha value is -2.04. The molecule has 1 rings (SSSR count). The molecule has 4 nitrogen and oxygen atoms in total. The number of hydrogen-bond donors (Lipinski definition) is 2. The van der Waals surface area contributed by atoms with E-state index in [1.807, 2.05) is 0 Å². The fraction of sp³-hybridized carbons (Fsp3) is 0.308. The Bertz CT molecular complexity index is 410. The van der Waals surface area contributed by atoms with Gasteiger partial charge in [-0.25, -0.2) is 9.18 Å². The smallest absolute Gasteiger partial charge is 0.315 e. The van der Waals surface area contributed by atoms with E-state index in [1.165, 1.54) is 6.07 Å². The number of amides is 2. The Kier molecular flexibility index (Phi) is 5.70. The Labute approximate surface area is 106 Å². The molecule has 1 aromatic carbocycles. The van der Waals surface area contributed by atoms with Crippen molar-refractivity contribution in [2.45, 2.75) is 13.0 Å². The minimum atomic E-state index is -0.416. The highest BCUT2D eigenvalue weighted by atomic mass is 19.1. The van der Waals surface area contributed by atoms with E-state index in [-0.39, 0.29) is 24.4 Å². The minimum Gasteiger partial charge on any atom is -0.488 e. The second-order valence-corrected chi connectivity index (χ2v) is 3.79. The van der Waals surface area contributed by atoms with Gasteiger partial charge in [0.15, 0.2) is 11.6 Å². The molecule has 0 saturated heterocycles. The molecule has 0 aliphatic heterocycles. The van der Waals surface area contributed by atoms with Gasteiger partial charge in [0, 0.05) is 6.54 Å². The summed E-state index contributed by atoms with van der Waals surface area (Å²) in [4.78, 5) is 11.3. The van der Waals surface area contributed by atoms with Gasteiger partial charge in [-0.2, -0.15) is 0 Å². The fourth-order valence-corrected chi connectivity index (χ4v) is 1.26. The average molecular weight is 252 g/mol. The van der Waals surface area contributed by atoms with Crippen LogP contribution in [-0.4, -0.2) is 25.2 Å². The number of urea groups is 1. The Morgan fingerprint density at radius 2 is 2.28 bits per heavy atom. The molecule has 18 heavy (non-hydrogen) atoms. The van der Waals surface area contributed by atoms with Gasteiger partial charge in [0.2, 0.25) is 0 Å². The highest BCUT2D eigenvalue weighted by Crippen LogP contribution is 2.15. The summed E-state index contributed by atoms with van der Waals surface area (Å²) in [5.74, 6) is -0.238. The molecule has 0 fully saturated rings. The van der Waals surface area contributed by atoms with Crippen LogP contribution in [0.4, 0.5) is 9.18 Å². The Morgan fingerprint density at radius 3 is 2.94 bits per heavy atom. The van der Waals surface area contributed by atoms with Gasteiger partial charge in [-0.15, -0.1) is 6.58 Å². The third-order valence-electron chi connectivity index (χ3n) is 2.11. The van der Waals surface area contributed by atoms with Crippen molar-refractivity contribution >= 4 is 6.03 Å². The lowest BCUT2D eigenvalue weighted by Crippen LogP contribution is -2.43. The maximum atomic E-state index is 13.2. The first-order valence-electron chi connectivity index (χ1n) is 5.66. The van der Waals surface area contributed by atoms with Gasteiger partial charge in [0.1, 0.15) is 6.61 Å². The summed E-state index contributed by atoms with van der Waals surface area (Å²) in [7, 11) is 0. The van der Waals surface area contributed by atoms with E-state index in [4.69, 9.17) is 4.74 Å². The largest absolute Gasteiger partial charge is 0.488 e. The van der Waals surface area contributed by atoms with Crippen molar-refractivity contribution in [2.75, 3.05) is 13.2 Å². The molecule has 1 atom stereocenters. The van der Waals surface area contributed by atoms with Crippen LogP contribution in [-0.2, 0) is 0 Å². The van der Waals surface area contributed by atoms with Gasteiger partial charge in [0.25, 0.3) is 0 Å². The zero-order valence-corrected chi connectivity index (χ0v) is 10.3. The molecule has 0 spiro atoms. The summed E-state index contributed by atoms with van der Waals surface area (Å²) >= 11 is 0. The lowest BCUT2D eigenvalue weighted by Gasteiger charge is -2.15. The summed E-state index contributed by atoms with van der Waals surface area (Å²) in [5, 5.41) is 5.23. The van der Waals surface area contributed by atoms with E-state index in [9.17, 15) is 9.18 Å². The quantitative estimate of drug-likeness (QED) is 0.761. The molecule has 2 N–H and O–H groups in total. The Balaban J connectivity index is 2.33.